The smallest absolute Gasteiger partial charge is 0.303 e. The molecule has 1 N–H and O–H groups in total. The minimum atomic E-state index is -0.958. The number of ether oxygens (including phenoxy) is 1. The van der Waals surface area contributed by atoms with Crippen LogP contribution in [0.4, 0.5) is 0 Å². The number of hydrogen-bond acceptors (Lipinski definition) is 7. The molecule has 1 aliphatic carbocycles. The summed E-state index contributed by atoms with van der Waals surface area (Å²) in [5.74, 6) is -0.198. The van der Waals surface area contributed by atoms with Crippen LogP contribution in [0.1, 0.15) is 109 Å². The quantitative estimate of drug-likeness (QED) is 0.211. The van der Waals surface area contributed by atoms with Crippen molar-refractivity contribution >= 4 is 22.7 Å². The van der Waals surface area contributed by atoms with Crippen molar-refractivity contribution in [3.63, 3.8) is 0 Å². The number of fused-ring (bicyclic) bond motifs is 3. The molecule has 0 amide bonds. The number of oxime groups is 1. The van der Waals surface area contributed by atoms with Crippen molar-refractivity contribution in [2.75, 3.05) is 20.3 Å². The van der Waals surface area contributed by atoms with Gasteiger partial charge in [0, 0.05) is 37.7 Å². The number of nitrogens with zero attached hydrogens (tertiary/aromatic N) is 4. The van der Waals surface area contributed by atoms with Gasteiger partial charge in [0.1, 0.15) is 12.3 Å². The van der Waals surface area contributed by atoms with E-state index < -0.39 is 5.97 Å². The SMILES string of the molecule is COCCO/N=C(\CCC(=O)O)c1nc2ccccc2n([C@H]2C[C@H]3CCC[C@@H](C2)N3[C@@H]2CCCCCC[C@@H](C)C2)c1=O. The summed E-state index contributed by atoms with van der Waals surface area (Å²) in [6.07, 6.45) is 14.7. The fourth-order valence-electron chi connectivity index (χ4n) is 7.77. The third-order valence-corrected chi connectivity index (χ3v) is 9.65. The molecular weight excluding hydrogens is 532 g/mol. The number of methoxy groups -OCH3 is 1. The van der Waals surface area contributed by atoms with Crippen molar-refractivity contribution in [3.05, 3.63) is 40.3 Å². The normalized spacial score (nSPS) is 27.7. The molecule has 3 aliphatic rings. The third-order valence-electron chi connectivity index (χ3n) is 9.65. The second-order valence-corrected chi connectivity index (χ2v) is 12.7. The van der Waals surface area contributed by atoms with Gasteiger partial charge >= 0.3 is 5.97 Å². The Labute approximate surface area is 249 Å². The van der Waals surface area contributed by atoms with E-state index in [0.29, 0.717) is 30.2 Å². The summed E-state index contributed by atoms with van der Waals surface area (Å²) >= 11 is 0. The average molecular weight is 581 g/mol. The van der Waals surface area contributed by atoms with Crippen molar-refractivity contribution in [1.82, 2.24) is 14.5 Å². The van der Waals surface area contributed by atoms with Crippen LogP contribution < -0.4 is 5.56 Å². The van der Waals surface area contributed by atoms with Gasteiger partial charge in [-0.25, -0.2) is 4.98 Å². The maximum Gasteiger partial charge on any atom is 0.303 e. The van der Waals surface area contributed by atoms with E-state index >= 15 is 0 Å². The third kappa shape index (κ3) is 7.22. The molecule has 2 saturated heterocycles. The number of aliphatic carboxylic acids is 1. The molecule has 0 unspecified atom stereocenters. The molecule has 2 aliphatic heterocycles. The van der Waals surface area contributed by atoms with Crippen molar-refractivity contribution in [3.8, 4) is 0 Å². The molecule has 1 aromatic heterocycles. The van der Waals surface area contributed by atoms with Crippen LogP contribution in [0.2, 0.25) is 0 Å². The van der Waals surface area contributed by atoms with E-state index in [2.05, 4.69) is 17.0 Å². The van der Waals surface area contributed by atoms with Crippen LogP contribution >= 0.6 is 0 Å². The summed E-state index contributed by atoms with van der Waals surface area (Å²) in [5, 5.41) is 13.6. The number of rotatable bonds is 10. The Morgan fingerprint density at radius 2 is 1.62 bits per heavy atom. The standard InChI is InChI=1S/C33H48N4O5/c1-23-10-5-3-4-6-11-24(20-23)36-25-12-9-13-26(36)22-27(21-25)37-30-15-8-7-14-28(30)34-32(33(37)40)29(16-17-31(38)39)35-42-19-18-41-2/h7-8,14-15,23-27H,3-6,9-13,16-22H2,1-2H3,(H,38,39)/b35-29+/t23-,24-,25-,26+,27+/m1/s1. The van der Waals surface area contributed by atoms with Crippen LogP contribution in [0.25, 0.3) is 11.0 Å². The Kier molecular flexibility index (Phi) is 10.7. The van der Waals surface area contributed by atoms with Crippen LogP contribution in [0.15, 0.2) is 34.2 Å². The van der Waals surface area contributed by atoms with Gasteiger partial charge in [0.25, 0.3) is 5.56 Å². The Balaban J connectivity index is 1.49. The number of para-hydroxylation sites is 2. The van der Waals surface area contributed by atoms with Gasteiger partial charge in [-0.2, -0.15) is 0 Å². The number of carboxylic acid groups (broad SMARTS) is 1. The first-order valence-corrected chi connectivity index (χ1v) is 16.1. The number of hydrogen-bond donors (Lipinski definition) is 1. The molecule has 1 saturated carbocycles. The van der Waals surface area contributed by atoms with E-state index in [9.17, 15) is 14.7 Å². The summed E-state index contributed by atoms with van der Waals surface area (Å²) < 4.78 is 7.00. The zero-order valence-electron chi connectivity index (χ0n) is 25.4. The molecule has 0 spiro atoms. The largest absolute Gasteiger partial charge is 0.481 e. The van der Waals surface area contributed by atoms with Crippen LogP contribution in [-0.2, 0) is 14.4 Å². The molecule has 1 aromatic carbocycles. The maximum absolute atomic E-state index is 14.3. The van der Waals surface area contributed by atoms with E-state index in [0.717, 1.165) is 24.3 Å². The molecule has 9 nitrogen and oxygen atoms in total. The minimum absolute atomic E-state index is 0.0552. The molecule has 2 aromatic rings. The zero-order valence-corrected chi connectivity index (χ0v) is 25.4. The number of piperidine rings is 2. The Morgan fingerprint density at radius 1 is 0.929 bits per heavy atom. The summed E-state index contributed by atoms with van der Waals surface area (Å²) in [6, 6.07) is 9.42. The second kappa shape index (κ2) is 14.6. The van der Waals surface area contributed by atoms with Crippen molar-refractivity contribution < 1.29 is 19.5 Å². The number of carboxylic acids is 1. The molecule has 5 atom stereocenters. The molecule has 2 bridgehead atoms. The highest BCUT2D eigenvalue weighted by molar-refractivity contribution is 6.00. The van der Waals surface area contributed by atoms with Gasteiger partial charge in [-0.15, -0.1) is 0 Å². The summed E-state index contributed by atoms with van der Waals surface area (Å²) in [7, 11) is 1.57. The van der Waals surface area contributed by atoms with Crippen molar-refractivity contribution in [2.45, 2.75) is 121 Å². The summed E-state index contributed by atoms with van der Waals surface area (Å²) in [5.41, 5.74) is 1.79. The van der Waals surface area contributed by atoms with Crippen molar-refractivity contribution in [2.24, 2.45) is 11.1 Å². The van der Waals surface area contributed by atoms with Crippen LogP contribution in [0.3, 0.4) is 0 Å². The van der Waals surface area contributed by atoms with Gasteiger partial charge < -0.3 is 19.2 Å². The first-order chi connectivity index (χ1) is 20.5. The lowest BCUT2D eigenvalue weighted by molar-refractivity contribution is -0.136. The monoisotopic (exact) mass is 580 g/mol. The van der Waals surface area contributed by atoms with Crippen molar-refractivity contribution in [1.29, 1.82) is 0 Å². The lowest BCUT2D eigenvalue weighted by atomic mass is 9.78. The van der Waals surface area contributed by atoms with Gasteiger partial charge in [-0.1, -0.05) is 62.7 Å². The highest BCUT2D eigenvalue weighted by atomic mass is 16.6. The first-order valence-electron chi connectivity index (χ1n) is 16.1. The van der Waals surface area contributed by atoms with Gasteiger partial charge in [0.15, 0.2) is 5.69 Å². The first kappa shape index (κ1) is 30.7. The van der Waals surface area contributed by atoms with Gasteiger partial charge in [-0.05, 0) is 56.6 Å². The van der Waals surface area contributed by atoms with Gasteiger partial charge in [-0.3, -0.25) is 14.5 Å². The van der Waals surface area contributed by atoms with E-state index in [1.54, 1.807) is 7.11 Å². The molecule has 230 valence electrons. The average Bonchev–Trinajstić information content (AvgIpc) is 3.07. The molecule has 5 rings (SSSR count). The van der Waals surface area contributed by atoms with Crippen LogP contribution in [0, 0.1) is 5.92 Å². The maximum atomic E-state index is 14.3. The fourth-order valence-corrected chi connectivity index (χ4v) is 7.77. The second-order valence-electron chi connectivity index (χ2n) is 12.7. The number of aromatic nitrogens is 2. The minimum Gasteiger partial charge on any atom is -0.481 e. The van der Waals surface area contributed by atoms with Crippen LogP contribution in [0.5, 0.6) is 0 Å². The molecule has 3 fully saturated rings. The Hall–Kier alpha value is -2.78. The van der Waals surface area contributed by atoms with E-state index in [1.165, 1.54) is 64.2 Å². The molecule has 9 heteroatoms. The summed E-state index contributed by atoms with van der Waals surface area (Å²) in [4.78, 5) is 38.8. The predicted molar refractivity (Wildman–Crippen MR) is 164 cm³/mol. The highest BCUT2D eigenvalue weighted by Gasteiger charge is 2.43. The molecule has 3 heterocycles. The Morgan fingerprint density at radius 3 is 2.36 bits per heavy atom. The van der Waals surface area contributed by atoms with Crippen LogP contribution in [-0.4, -0.2) is 69.7 Å². The summed E-state index contributed by atoms with van der Waals surface area (Å²) in [6.45, 7) is 2.98. The van der Waals surface area contributed by atoms with E-state index in [4.69, 9.17) is 14.6 Å². The lowest BCUT2D eigenvalue weighted by Crippen LogP contribution is -2.57. The van der Waals surface area contributed by atoms with Gasteiger partial charge in [0.2, 0.25) is 0 Å². The van der Waals surface area contributed by atoms with E-state index in [1.807, 2.05) is 28.8 Å². The highest BCUT2D eigenvalue weighted by Crippen LogP contribution is 2.43. The molecule has 0 radical (unpaired) electrons. The molecule has 42 heavy (non-hydrogen) atoms. The lowest BCUT2D eigenvalue weighted by Gasteiger charge is -2.53. The zero-order chi connectivity index (χ0) is 29.5. The number of carbonyl (C=O) groups is 1. The fraction of sp³-hybridized carbons (Fsp3) is 0.697. The van der Waals surface area contributed by atoms with E-state index in [-0.39, 0.29) is 42.5 Å². The topological polar surface area (TPSA) is 106 Å². The predicted octanol–water partition coefficient (Wildman–Crippen LogP) is 5.94. The molecular formula is C33H48N4O5. The van der Waals surface area contributed by atoms with Gasteiger partial charge in [0.05, 0.1) is 24.1 Å². The number of benzene rings is 1. The Bertz CT molecular complexity index is 1280.